The molecule has 0 aliphatic heterocycles. The van der Waals surface area contributed by atoms with Gasteiger partial charge in [0.25, 0.3) is 0 Å². The first-order chi connectivity index (χ1) is 9.85. The zero-order valence-corrected chi connectivity index (χ0v) is 13.1. The highest BCUT2D eigenvalue weighted by atomic mass is 16.4. The van der Waals surface area contributed by atoms with Crippen LogP contribution >= 0.6 is 0 Å². The van der Waals surface area contributed by atoms with Crippen molar-refractivity contribution in [3.8, 4) is 0 Å². The van der Waals surface area contributed by atoms with E-state index in [1.807, 2.05) is 45.9 Å². The Labute approximate surface area is 126 Å². The van der Waals surface area contributed by atoms with Crippen LogP contribution in [0.3, 0.4) is 0 Å². The van der Waals surface area contributed by atoms with Crippen LogP contribution in [0.25, 0.3) is 0 Å². The number of nitrogens with one attached hydrogen (secondary N) is 1. The van der Waals surface area contributed by atoms with E-state index in [1.165, 1.54) is 0 Å². The van der Waals surface area contributed by atoms with Crippen molar-refractivity contribution in [3.05, 3.63) is 29.3 Å². The van der Waals surface area contributed by atoms with Crippen molar-refractivity contribution in [3.63, 3.8) is 0 Å². The zero-order valence-electron chi connectivity index (χ0n) is 13.1. The molecule has 0 fully saturated rings. The summed E-state index contributed by atoms with van der Waals surface area (Å²) in [6.45, 7) is 7.79. The van der Waals surface area contributed by atoms with Gasteiger partial charge in [-0.2, -0.15) is 0 Å². The van der Waals surface area contributed by atoms with Gasteiger partial charge in [-0.3, -0.25) is 14.5 Å². The van der Waals surface area contributed by atoms with Gasteiger partial charge in [0.15, 0.2) is 0 Å². The smallest absolute Gasteiger partial charge is 0.317 e. The fourth-order valence-electron chi connectivity index (χ4n) is 2.06. The molecule has 0 aliphatic rings. The first-order valence-electron chi connectivity index (χ1n) is 7.17. The minimum Gasteiger partial charge on any atom is -0.480 e. The molecule has 0 saturated carbocycles. The molecule has 1 aromatic carbocycles. The van der Waals surface area contributed by atoms with Gasteiger partial charge in [0.05, 0.1) is 13.1 Å². The fraction of sp³-hybridized carbons (Fsp3) is 0.500. The fourth-order valence-corrected chi connectivity index (χ4v) is 2.06. The predicted molar refractivity (Wildman–Crippen MR) is 83.5 cm³/mol. The maximum absolute atomic E-state index is 12.1. The molecule has 0 heterocycles. The molecule has 0 bridgehead atoms. The number of rotatable bonds is 7. The van der Waals surface area contributed by atoms with Crippen LogP contribution < -0.4 is 5.32 Å². The Morgan fingerprint density at radius 1 is 1.29 bits per heavy atom. The van der Waals surface area contributed by atoms with Crippen molar-refractivity contribution < 1.29 is 14.7 Å². The Bertz CT molecular complexity index is 514. The van der Waals surface area contributed by atoms with Gasteiger partial charge < -0.3 is 10.4 Å². The van der Waals surface area contributed by atoms with Gasteiger partial charge in [0.1, 0.15) is 0 Å². The summed E-state index contributed by atoms with van der Waals surface area (Å²) in [4.78, 5) is 24.7. The molecule has 1 rings (SSSR count). The van der Waals surface area contributed by atoms with Crippen molar-refractivity contribution in [1.29, 1.82) is 0 Å². The molecule has 0 aromatic heterocycles. The van der Waals surface area contributed by atoms with Crippen LogP contribution in [0.5, 0.6) is 0 Å². The molecule has 5 nitrogen and oxygen atoms in total. The van der Waals surface area contributed by atoms with Crippen LogP contribution in [0.4, 0.5) is 5.69 Å². The van der Waals surface area contributed by atoms with Crippen LogP contribution in [0.2, 0.25) is 0 Å². The number of hydrogen-bond donors (Lipinski definition) is 2. The second kappa shape index (κ2) is 7.78. The second-order valence-electron chi connectivity index (χ2n) is 5.35. The Balaban J connectivity index is 2.73. The van der Waals surface area contributed by atoms with Crippen LogP contribution in [0, 0.1) is 13.8 Å². The third-order valence-electron chi connectivity index (χ3n) is 3.78. The molecule has 0 saturated heterocycles. The van der Waals surface area contributed by atoms with Gasteiger partial charge in [-0.1, -0.05) is 19.1 Å². The minimum atomic E-state index is -0.921. The summed E-state index contributed by atoms with van der Waals surface area (Å²) in [5, 5.41) is 11.8. The van der Waals surface area contributed by atoms with E-state index in [-0.39, 0.29) is 25.0 Å². The number of carbonyl (C=O) groups is 2. The van der Waals surface area contributed by atoms with Crippen molar-refractivity contribution in [2.45, 2.75) is 40.2 Å². The molecule has 5 heteroatoms. The largest absolute Gasteiger partial charge is 0.480 e. The van der Waals surface area contributed by atoms with E-state index in [9.17, 15) is 9.59 Å². The van der Waals surface area contributed by atoms with Gasteiger partial charge in [0.2, 0.25) is 5.91 Å². The topological polar surface area (TPSA) is 69.6 Å². The number of carboxylic acid groups (broad SMARTS) is 1. The maximum Gasteiger partial charge on any atom is 0.317 e. The number of carboxylic acids is 1. The van der Waals surface area contributed by atoms with E-state index in [0.29, 0.717) is 0 Å². The van der Waals surface area contributed by atoms with Crippen molar-refractivity contribution in [2.75, 3.05) is 18.4 Å². The summed E-state index contributed by atoms with van der Waals surface area (Å²) in [6.07, 6.45) is 0.796. The molecule has 116 valence electrons. The van der Waals surface area contributed by atoms with Gasteiger partial charge in [-0.15, -0.1) is 0 Å². The van der Waals surface area contributed by atoms with E-state index in [1.54, 1.807) is 4.90 Å². The number of anilines is 1. The highest BCUT2D eigenvalue weighted by Gasteiger charge is 2.19. The SMILES string of the molecule is CCC(C)N(CC(=O)O)CC(=O)Nc1cccc(C)c1C. The number of carbonyl (C=O) groups excluding carboxylic acids is 1. The van der Waals surface area contributed by atoms with Gasteiger partial charge in [0, 0.05) is 11.7 Å². The van der Waals surface area contributed by atoms with Gasteiger partial charge in [-0.05, 0) is 44.4 Å². The molecule has 0 radical (unpaired) electrons. The number of hydrogen-bond acceptors (Lipinski definition) is 3. The second-order valence-corrected chi connectivity index (χ2v) is 5.35. The van der Waals surface area contributed by atoms with Crippen LogP contribution in [0.15, 0.2) is 18.2 Å². The molecule has 0 aliphatic carbocycles. The summed E-state index contributed by atoms with van der Waals surface area (Å²) in [7, 11) is 0. The lowest BCUT2D eigenvalue weighted by Crippen LogP contribution is -2.42. The number of aliphatic carboxylic acids is 1. The molecule has 1 unspecified atom stereocenters. The third kappa shape index (κ3) is 5.19. The van der Waals surface area contributed by atoms with Crippen LogP contribution in [-0.4, -0.2) is 41.0 Å². The zero-order chi connectivity index (χ0) is 16.0. The lowest BCUT2D eigenvalue weighted by molar-refractivity contribution is -0.139. The van der Waals surface area contributed by atoms with Crippen LogP contribution in [-0.2, 0) is 9.59 Å². The van der Waals surface area contributed by atoms with E-state index < -0.39 is 5.97 Å². The molecule has 2 N–H and O–H groups in total. The lowest BCUT2D eigenvalue weighted by Gasteiger charge is -2.26. The van der Waals surface area contributed by atoms with E-state index in [2.05, 4.69) is 5.32 Å². The van der Waals surface area contributed by atoms with Crippen molar-refractivity contribution in [2.24, 2.45) is 0 Å². The quantitative estimate of drug-likeness (QED) is 0.810. The Morgan fingerprint density at radius 3 is 2.52 bits per heavy atom. The molecular weight excluding hydrogens is 268 g/mol. The maximum atomic E-state index is 12.1. The Hall–Kier alpha value is -1.88. The standard InChI is InChI=1S/C16H24N2O3/c1-5-12(3)18(10-16(20)21)9-15(19)17-14-8-6-7-11(2)13(14)4/h6-8,12H,5,9-10H2,1-4H3,(H,17,19)(H,20,21). The lowest BCUT2D eigenvalue weighted by atomic mass is 10.1. The summed E-state index contributed by atoms with van der Waals surface area (Å²) in [5.74, 6) is -1.11. The number of amides is 1. The van der Waals surface area contributed by atoms with Gasteiger partial charge >= 0.3 is 5.97 Å². The molecule has 21 heavy (non-hydrogen) atoms. The number of benzene rings is 1. The Kier molecular flexibility index (Phi) is 6.37. The molecule has 1 aromatic rings. The number of aryl methyl sites for hydroxylation is 1. The van der Waals surface area contributed by atoms with Crippen molar-refractivity contribution >= 4 is 17.6 Å². The first kappa shape index (κ1) is 17.2. The molecule has 1 atom stereocenters. The van der Waals surface area contributed by atoms with Gasteiger partial charge in [-0.25, -0.2) is 0 Å². The first-order valence-corrected chi connectivity index (χ1v) is 7.17. The predicted octanol–water partition coefficient (Wildman–Crippen LogP) is 2.43. The molecule has 0 spiro atoms. The highest BCUT2D eigenvalue weighted by molar-refractivity contribution is 5.93. The highest BCUT2D eigenvalue weighted by Crippen LogP contribution is 2.18. The minimum absolute atomic E-state index is 0.0467. The average molecular weight is 292 g/mol. The summed E-state index contributed by atoms with van der Waals surface area (Å²) in [6, 6.07) is 5.78. The van der Waals surface area contributed by atoms with Crippen LogP contribution in [0.1, 0.15) is 31.4 Å². The molecule has 1 amide bonds. The summed E-state index contributed by atoms with van der Waals surface area (Å²) < 4.78 is 0. The number of nitrogens with zero attached hydrogens (tertiary/aromatic N) is 1. The third-order valence-corrected chi connectivity index (χ3v) is 3.78. The van der Waals surface area contributed by atoms with E-state index in [4.69, 9.17) is 5.11 Å². The average Bonchev–Trinajstić information content (AvgIpc) is 2.41. The van der Waals surface area contributed by atoms with Crippen molar-refractivity contribution in [1.82, 2.24) is 4.90 Å². The molecular formula is C16H24N2O3. The van der Waals surface area contributed by atoms with E-state index >= 15 is 0 Å². The summed E-state index contributed by atoms with van der Waals surface area (Å²) >= 11 is 0. The monoisotopic (exact) mass is 292 g/mol. The Morgan fingerprint density at radius 2 is 1.95 bits per heavy atom. The normalized spacial score (nSPS) is 12.2. The van der Waals surface area contributed by atoms with E-state index in [0.717, 1.165) is 23.2 Å². The summed E-state index contributed by atoms with van der Waals surface area (Å²) in [5.41, 5.74) is 2.91.